The number of nitrogens with zero attached hydrogens (tertiary/aromatic N) is 5. The Balaban J connectivity index is 1.40. The Morgan fingerprint density at radius 3 is 2.30 bits per heavy atom. The minimum atomic E-state index is -4.14. The third-order valence-electron chi connectivity index (χ3n) is 6.88. The fraction of sp³-hybridized carbons (Fsp3) is 0.296. The van der Waals surface area contributed by atoms with Crippen LogP contribution in [0.25, 0.3) is 0 Å². The molecule has 0 aliphatic carbocycles. The van der Waals surface area contributed by atoms with Crippen LogP contribution in [0.1, 0.15) is 11.1 Å². The summed E-state index contributed by atoms with van der Waals surface area (Å²) in [6, 6.07) is 17.3. The van der Waals surface area contributed by atoms with Gasteiger partial charge in [0.25, 0.3) is 10.0 Å². The smallest absolute Gasteiger partial charge is 0.340 e. The van der Waals surface area contributed by atoms with Crippen molar-refractivity contribution in [2.45, 2.75) is 24.8 Å². The number of anilines is 2. The van der Waals surface area contributed by atoms with Crippen molar-refractivity contribution in [1.82, 2.24) is 14.2 Å². The zero-order valence-corrected chi connectivity index (χ0v) is 21.6. The second kappa shape index (κ2) is 9.85. The number of aryl methyl sites for hydroxylation is 2. The predicted molar refractivity (Wildman–Crippen MR) is 141 cm³/mol. The van der Waals surface area contributed by atoms with Gasteiger partial charge in [0.05, 0.1) is 11.4 Å². The van der Waals surface area contributed by atoms with Crippen LogP contribution < -0.4 is 9.80 Å². The molecule has 2 aliphatic rings. The van der Waals surface area contributed by atoms with Crippen LogP contribution in [0.5, 0.6) is 0 Å². The lowest BCUT2D eigenvalue weighted by Gasteiger charge is -2.38. The monoisotopic (exact) mass is 519 g/mol. The molecule has 192 valence electrons. The number of carbonyl (C=O) groups excluding carboxylic acids is 2. The summed E-state index contributed by atoms with van der Waals surface area (Å²) in [5.74, 6) is -0.0454. The highest BCUT2D eigenvalue weighted by molar-refractivity contribution is 7.89. The number of piperazine rings is 1. The fourth-order valence-corrected chi connectivity index (χ4v) is 6.26. The normalized spacial score (nSPS) is 18.4. The number of aromatic nitrogens is 1. The molecule has 1 aromatic heterocycles. The molecule has 3 aromatic rings. The average molecular weight is 520 g/mol. The van der Waals surface area contributed by atoms with Crippen LogP contribution >= 0.6 is 0 Å². The Kier molecular flexibility index (Phi) is 6.59. The Hall–Kier alpha value is -3.92. The molecule has 37 heavy (non-hydrogen) atoms. The van der Waals surface area contributed by atoms with Crippen molar-refractivity contribution in [3.05, 3.63) is 84.1 Å². The lowest BCUT2D eigenvalue weighted by atomic mass is 10.1. The summed E-state index contributed by atoms with van der Waals surface area (Å²) in [5.41, 5.74) is 3.50. The van der Waals surface area contributed by atoms with Gasteiger partial charge in [-0.1, -0.05) is 36.4 Å². The Bertz CT molecular complexity index is 1410. The molecule has 3 amide bonds. The standard InChI is InChI=1S/C27H29N5O4S/c1-20-11-12-21(2)23(18-20)29-14-16-30(17-15-29)26(33)24-19-31(37(35,36)22-8-4-3-5-9-22)27(34)32(24)25-10-6-7-13-28-25/h3-13,18,24H,14-17,19H2,1-2H3/t24-/m0/s1. The Labute approximate surface area is 217 Å². The van der Waals surface area contributed by atoms with Gasteiger partial charge in [-0.2, -0.15) is 0 Å². The van der Waals surface area contributed by atoms with E-state index >= 15 is 0 Å². The molecule has 0 unspecified atom stereocenters. The summed E-state index contributed by atoms with van der Waals surface area (Å²) in [6.07, 6.45) is 1.52. The van der Waals surface area contributed by atoms with E-state index in [1.54, 1.807) is 41.3 Å². The van der Waals surface area contributed by atoms with Crippen LogP contribution in [0.15, 0.2) is 77.8 Å². The Morgan fingerprint density at radius 1 is 0.919 bits per heavy atom. The second-order valence-electron chi connectivity index (χ2n) is 9.31. The summed E-state index contributed by atoms with van der Waals surface area (Å²) in [6.45, 7) is 6.09. The zero-order chi connectivity index (χ0) is 26.2. The first-order valence-electron chi connectivity index (χ1n) is 12.2. The van der Waals surface area contributed by atoms with Crippen molar-refractivity contribution in [2.24, 2.45) is 0 Å². The van der Waals surface area contributed by atoms with E-state index in [1.807, 2.05) is 0 Å². The number of sulfonamides is 1. The molecule has 0 saturated carbocycles. The molecule has 2 aliphatic heterocycles. The average Bonchev–Trinajstić information content (AvgIpc) is 3.28. The van der Waals surface area contributed by atoms with Crippen LogP contribution in [-0.2, 0) is 14.8 Å². The lowest BCUT2D eigenvalue weighted by Crippen LogP contribution is -2.55. The molecule has 0 bridgehead atoms. The number of benzene rings is 2. The largest absolute Gasteiger partial charge is 0.368 e. The first kappa shape index (κ1) is 24.8. The lowest BCUT2D eigenvalue weighted by molar-refractivity contribution is -0.132. The van der Waals surface area contributed by atoms with Crippen LogP contribution in [0.2, 0.25) is 0 Å². The van der Waals surface area contributed by atoms with Crippen LogP contribution in [0.3, 0.4) is 0 Å². The quantitative estimate of drug-likeness (QED) is 0.514. The summed E-state index contributed by atoms with van der Waals surface area (Å²) >= 11 is 0. The van der Waals surface area contributed by atoms with Gasteiger partial charge in [0, 0.05) is 38.1 Å². The minimum Gasteiger partial charge on any atom is -0.368 e. The van der Waals surface area contributed by atoms with E-state index in [-0.39, 0.29) is 23.2 Å². The van der Waals surface area contributed by atoms with E-state index in [0.29, 0.717) is 26.2 Å². The SMILES string of the molecule is Cc1ccc(C)c(N2CCN(C(=O)[C@@H]3CN(S(=O)(=O)c4ccccc4)C(=O)N3c3ccccn3)CC2)c1. The first-order chi connectivity index (χ1) is 17.8. The van der Waals surface area contributed by atoms with Crippen LogP contribution in [0, 0.1) is 13.8 Å². The topological polar surface area (TPSA) is 94.1 Å². The van der Waals surface area contributed by atoms with Gasteiger partial charge in [0.1, 0.15) is 11.9 Å². The molecule has 0 spiro atoms. The van der Waals surface area contributed by atoms with Crippen molar-refractivity contribution in [2.75, 3.05) is 42.5 Å². The van der Waals surface area contributed by atoms with Gasteiger partial charge < -0.3 is 9.80 Å². The summed E-state index contributed by atoms with van der Waals surface area (Å²) in [4.78, 5) is 36.7. The fourth-order valence-electron chi connectivity index (χ4n) is 4.87. The number of rotatable bonds is 5. The first-order valence-corrected chi connectivity index (χ1v) is 13.6. The van der Waals surface area contributed by atoms with Crippen molar-refractivity contribution >= 4 is 33.5 Å². The van der Waals surface area contributed by atoms with E-state index in [0.717, 1.165) is 9.99 Å². The molecule has 0 radical (unpaired) electrons. The number of carbonyl (C=O) groups is 2. The second-order valence-corrected chi connectivity index (χ2v) is 11.2. The minimum absolute atomic E-state index is 0.000409. The molecular formula is C27H29N5O4S. The maximum atomic E-state index is 13.8. The van der Waals surface area contributed by atoms with Crippen molar-refractivity contribution in [1.29, 1.82) is 0 Å². The highest BCUT2D eigenvalue weighted by Gasteiger charge is 2.49. The van der Waals surface area contributed by atoms with Crippen molar-refractivity contribution in [3.63, 3.8) is 0 Å². The van der Waals surface area contributed by atoms with Gasteiger partial charge in [-0.15, -0.1) is 0 Å². The molecule has 9 nitrogen and oxygen atoms in total. The van der Waals surface area contributed by atoms with Gasteiger partial charge in [0.15, 0.2) is 0 Å². The highest BCUT2D eigenvalue weighted by Crippen LogP contribution is 2.30. The summed E-state index contributed by atoms with van der Waals surface area (Å²) < 4.78 is 27.5. The van der Waals surface area contributed by atoms with Gasteiger partial charge in [-0.25, -0.2) is 22.5 Å². The number of urea groups is 1. The maximum absolute atomic E-state index is 13.8. The molecule has 2 aromatic carbocycles. The third-order valence-corrected chi connectivity index (χ3v) is 8.63. The Morgan fingerprint density at radius 2 is 1.62 bits per heavy atom. The number of hydrogen-bond donors (Lipinski definition) is 0. The molecule has 5 rings (SSSR count). The number of hydrogen-bond acceptors (Lipinski definition) is 6. The van der Waals surface area contributed by atoms with Gasteiger partial charge in [0.2, 0.25) is 5.91 Å². The molecule has 2 fully saturated rings. The summed E-state index contributed by atoms with van der Waals surface area (Å²) in [5, 5.41) is 0. The summed E-state index contributed by atoms with van der Waals surface area (Å²) in [7, 11) is -4.14. The van der Waals surface area contributed by atoms with Gasteiger partial charge >= 0.3 is 6.03 Å². The van der Waals surface area contributed by atoms with E-state index in [2.05, 4.69) is 41.9 Å². The van der Waals surface area contributed by atoms with Gasteiger partial charge in [-0.3, -0.25) is 9.69 Å². The van der Waals surface area contributed by atoms with Crippen LogP contribution in [0.4, 0.5) is 16.3 Å². The number of pyridine rings is 1. The third kappa shape index (κ3) is 4.64. The highest BCUT2D eigenvalue weighted by atomic mass is 32.2. The van der Waals surface area contributed by atoms with Crippen molar-refractivity contribution in [3.8, 4) is 0 Å². The van der Waals surface area contributed by atoms with Gasteiger partial charge in [-0.05, 0) is 55.3 Å². The van der Waals surface area contributed by atoms with E-state index in [9.17, 15) is 18.0 Å². The molecular weight excluding hydrogens is 490 g/mol. The molecule has 10 heteroatoms. The molecule has 2 saturated heterocycles. The van der Waals surface area contributed by atoms with Crippen molar-refractivity contribution < 1.29 is 18.0 Å². The van der Waals surface area contributed by atoms with E-state index in [4.69, 9.17) is 0 Å². The van der Waals surface area contributed by atoms with E-state index in [1.165, 1.54) is 34.4 Å². The maximum Gasteiger partial charge on any atom is 0.340 e. The zero-order valence-electron chi connectivity index (χ0n) is 20.8. The number of amides is 3. The molecule has 1 atom stereocenters. The molecule has 3 heterocycles. The predicted octanol–water partition coefficient (Wildman–Crippen LogP) is 3.05. The molecule has 0 N–H and O–H groups in total. The van der Waals surface area contributed by atoms with Crippen LogP contribution in [-0.4, -0.2) is 73.3 Å². The van der Waals surface area contributed by atoms with E-state index < -0.39 is 22.1 Å².